The third kappa shape index (κ3) is 3.72. The highest BCUT2D eigenvalue weighted by atomic mass is 15.2. The molecule has 0 saturated carbocycles. The molecule has 0 bridgehead atoms. The van der Waals surface area contributed by atoms with Gasteiger partial charge in [0.1, 0.15) is 11.6 Å². The normalized spacial score (nSPS) is 15.2. The standard InChI is InChI=1S/C19H23N7/c1-13-3-8-21-17(9-13)24-18-10-16(14-4-6-20-7-5-14)23-19(25-18)15-11-22-26(2)12-15/h3,8-12,14,20H,4-7H2,1-2H3,(H,21,23,24,25). The highest BCUT2D eigenvalue weighted by Crippen LogP contribution is 2.28. The van der Waals surface area contributed by atoms with Crippen LogP contribution in [0.5, 0.6) is 0 Å². The Bertz CT molecular complexity index is 896. The molecule has 7 heteroatoms. The van der Waals surface area contributed by atoms with Crippen molar-refractivity contribution in [2.45, 2.75) is 25.7 Å². The molecule has 1 saturated heterocycles. The van der Waals surface area contributed by atoms with Crippen LogP contribution in [0.3, 0.4) is 0 Å². The Morgan fingerprint density at radius 3 is 2.73 bits per heavy atom. The lowest BCUT2D eigenvalue weighted by atomic mass is 9.94. The lowest BCUT2D eigenvalue weighted by Gasteiger charge is -2.23. The van der Waals surface area contributed by atoms with Crippen molar-refractivity contribution in [3.63, 3.8) is 0 Å². The summed E-state index contributed by atoms with van der Waals surface area (Å²) in [6.45, 7) is 4.10. The van der Waals surface area contributed by atoms with E-state index in [9.17, 15) is 0 Å². The van der Waals surface area contributed by atoms with Crippen molar-refractivity contribution in [3.8, 4) is 11.4 Å². The first-order chi connectivity index (χ1) is 12.7. The van der Waals surface area contributed by atoms with E-state index in [1.165, 1.54) is 0 Å². The Kier molecular flexibility index (Phi) is 4.62. The Morgan fingerprint density at radius 2 is 2.00 bits per heavy atom. The molecule has 7 nitrogen and oxygen atoms in total. The monoisotopic (exact) mass is 349 g/mol. The maximum absolute atomic E-state index is 4.85. The molecule has 1 fully saturated rings. The summed E-state index contributed by atoms with van der Waals surface area (Å²) in [5.74, 6) is 2.70. The van der Waals surface area contributed by atoms with E-state index >= 15 is 0 Å². The minimum Gasteiger partial charge on any atom is -0.325 e. The summed E-state index contributed by atoms with van der Waals surface area (Å²) in [6.07, 6.45) is 7.72. The van der Waals surface area contributed by atoms with Crippen LogP contribution in [0.15, 0.2) is 36.8 Å². The quantitative estimate of drug-likeness (QED) is 0.754. The topological polar surface area (TPSA) is 80.5 Å². The van der Waals surface area contributed by atoms with Gasteiger partial charge in [-0.05, 0) is 50.6 Å². The third-order valence-corrected chi connectivity index (χ3v) is 4.64. The molecule has 4 rings (SSSR count). The fourth-order valence-electron chi connectivity index (χ4n) is 3.26. The van der Waals surface area contributed by atoms with Crippen molar-refractivity contribution in [2.24, 2.45) is 7.05 Å². The summed E-state index contributed by atoms with van der Waals surface area (Å²) in [6, 6.07) is 6.04. The molecule has 0 unspecified atom stereocenters. The number of aryl methyl sites for hydroxylation is 2. The van der Waals surface area contributed by atoms with Crippen LogP contribution in [0.4, 0.5) is 11.6 Å². The molecule has 0 atom stereocenters. The second-order valence-corrected chi connectivity index (χ2v) is 6.77. The van der Waals surface area contributed by atoms with Gasteiger partial charge in [0.25, 0.3) is 0 Å². The van der Waals surface area contributed by atoms with Gasteiger partial charge >= 0.3 is 0 Å². The summed E-state index contributed by atoms with van der Waals surface area (Å²) in [7, 11) is 1.90. The summed E-state index contributed by atoms with van der Waals surface area (Å²) in [4.78, 5) is 13.9. The maximum Gasteiger partial charge on any atom is 0.164 e. The number of aromatic nitrogens is 5. The molecule has 2 N–H and O–H groups in total. The van der Waals surface area contributed by atoms with Crippen LogP contribution in [0, 0.1) is 6.92 Å². The lowest BCUT2D eigenvalue weighted by molar-refractivity contribution is 0.453. The van der Waals surface area contributed by atoms with Gasteiger partial charge in [0.05, 0.1) is 11.8 Å². The Morgan fingerprint density at radius 1 is 1.15 bits per heavy atom. The molecule has 1 aliphatic rings. The molecule has 3 aromatic heterocycles. The molecule has 3 aromatic rings. The molecule has 4 heterocycles. The molecular weight excluding hydrogens is 326 g/mol. The van der Waals surface area contributed by atoms with Crippen LogP contribution < -0.4 is 10.6 Å². The van der Waals surface area contributed by atoms with Crippen molar-refractivity contribution in [3.05, 3.63) is 48.0 Å². The van der Waals surface area contributed by atoms with Crippen LogP contribution in [0.1, 0.15) is 30.0 Å². The van der Waals surface area contributed by atoms with Crippen LogP contribution in [0.25, 0.3) is 11.4 Å². The van der Waals surface area contributed by atoms with E-state index in [-0.39, 0.29) is 0 Å². The van der Waals surface area contributed by atoms with E-state index in [4.69, 9.17) is 9.97 Å². The molecule has 0 radical (unpaired) electrons. The van der Waals surface area contributed by atoms with Crippen molar-refractivity contribution in [2.75, 3.05) is 18.4 Å². The first kappa shape index (κ1) is 16.7. The average molecular weight is 349 g/mol. The lowest BCUT2D eigenvalue weighted by Crippen LogP contribution is -2.27. The summed E-state index contributed by atoms with van der Waals surface area (Å²) in [5, 5.41) is 11.0. The highest BCUT2D eigenvalue weighted by Gasteiger charge is 2.19. The minimum absolute atomic E-state index is 0.445. The van der Waals surface area contributed by atoms with Crippen molar-refractivity contribution in [1.29, 1.82) is 0 Å². The number of pyridine rings is 1. The van der Waals surface area contributed by atoms with Gasteiger partial charge < -0.3 is 10.6 Å². The van der Waals surface area contributed by atoms with Gasteiger partial charge in [0, 0.05) is 37.1 Å². The molecule has 0 spiro atoms. The second-order valence-electron chi connectivity index (χ2n) is 6.77. The van der Waals surface area contributed by atoms with E-state index in [2.05, 4.69) is 26.8 Å². The highest BCUT2D eigenvalue weighted by molar-refractivity contribution is 5.59. The molecule has 134 valence electrons. The second kappa shape index (κ2) is 7.21. The molecule has 0 amide bonds. The molecule has 26 heavy (non-hydrogen) atoms. The van der Waals surface area contributed by atoms with E-state index in [0.29, 0.717) is 11.7 Å². The SMILES string of the molecule is Cc1ccnc(Nc2cc(C3CCNCC3)nc(-c3cnn(C)c3)n2)c1. The fourth-order valence-corrected chi connectivity index (χ4v) is 3.26. The predicted octanol–water partition coefficient (Wildman–Crippen LogP) is 2.79. The van der Waals surface area contributed by atoms with E-state index in [1.54, 1.807) is 17.1 Å². The molecular formula is C19H23N7. The van der Waals surface area contributed by atoms with Gasteiger partial charge in [-0.2, -0.15) is 5.10 Å². The van der Waals surface area contributed by atoms with E-state index in [0.717, 1.165) is 54.4 Å². The summed E-state index contributed by atoms with van der Waals surface area (Å²) < 4.78 is 1.77. The number of rotatable bonds is 4. The number of nitrogens with zero attached hydrogens (tertiary/aromatic N) is 5. The van der Waals surface area contributed by atoms with Crippen LogP contribution in [0.2, 0.25) is 0 Å². The average Bonchev–Trinajstić information content (AvgIpc) is 3.09. The first-order valence-electron chi connectivity index (χ1n) is 8.96. The third-order valence-electron chi connectivity index (χ3n) is 4.64. The smallest absolute Gasteiger partial charge is 0.164 e. The fraction of sp³-hybridized carbons (Fsp3) is 0.368. The maximum atomic E-state index is 4.85. The number of hydrogen-bond acceptors (Lipinski definition) is 6. The number of hydrogen-bond donors (Lipinski definition) is 2. The number of anilines is 2. The number of nitrogens with one attached hydrogen (secondary N) is 2. The Balaban J connectivity index is 1.71. The van der Waals surface area contributed by atoms with Crippen LogP contribution >= 0.6 is 0 Å². The van der Waals surface area contributed by atoms with Gasteiger partial charge in [-0.15, -0.1) is 0 Å². The van der Waals surface area contributed by atoms with E-state index < -0.39 is 0 Å². The zero-order chi connectivity index (χ0) is 17.9. The number of piperidine rings is 1. The van der Waals surface area contributed by atoms with Crippen molar-refractivity contribution >= 4 is 11.6 Å². The Labute approximate surface area is 152 Å². The minimum atomic E-state index is 0.445. The molecule has 1 aliphatic heterocycles. The van der Waals surface area contributed by atoms with E-state index in [1.807, 2.05) is 32.3 Å². The van der Waals surface area contributed by atoms with Gasteiger partial charge in [-0.1, -0.05) is 0 Å². The van der Waals surface area contributed by atoms with Crippen LogP contribution in [-0.4, -0.2) is 37.8 Å². The molecule has 0 aliphatic carbocycles. The summed E-state index contributed by atoms with van der Waals surface area (Å²) in [5.41, 5.74) is 3.15. The zero-order valence-electron chi connectivity index (χ0n) is 15.1. The summed E-state index contributed by atoms with van der Waals surface area (Å²) >= 11 is 0. The van der Waals surface area contributed by atoms with Gasteiger partial charge in [0.2, 0.25) is 0 Å². The molecule has 0 aromatic carbocycles. The van der Waals surface area contributed by atoms with Gasteiger partial charge in [-0.3, -0.25) is 4.68 Å². The largest absolute Gasteiger partial charge is 0.325 e. The van der Waals surface area contributed by atoms with Crippen LogP contribution in [-0.2, 0) is 7.05 Å². The first-order valence-corrected chi connectivity index (χ1v) is 8.96. The Hall–Kier alpha value is -2.80. The predicted molar refractivity (Wildman–Crippen MR) is 101 cm³/mol. The zero-order valence-corrected chi connectivity index (χ0v) is 15.1. The van der Waals surface area contributed by atoms with Crippen molar-refractivity contribution in [1.82, 2.24) is 30.0 Å². The van der Waals surface area contributed by atoms with Gasteiger partial charge in [0.15, 0.2) is 5.82 Å². The van der Waals surface area contributed by atoms with Crippen molar-refractivity contribution < 1.29 is 0 Å². The van der Waals surface area contributed by atoms with Gasteiger partial charge in [-0.25, -0.2) is 15.0 Å².